The number of methoxy groups -OCH3 is 1. The minimum Gasteiger partial charge on any atom is -0.495 e. The third-order valence-corrected chi connectivity index (χ3v) is 3.49. The van der Waals surface area contributed by atoms with Crippen molar-refractivity contribution in [2.45, 2.75) is 25.7 Å². The molecule has 0 saturated heterocycles. The Balaban J connectivity index is 2.53. The van der Waals surface area contributed by atoms with Gasteiger partial charge in [0, 0.05) is 24.2 Å². The molecule has 0 fully saturated rings. The van der Waals surface area contributed by atoms with Crippen molar-refractivity contribution < 1.29 is 19.4 Å². The van der Waals surface area contributed by atoms with Crippen LogP contribution in [0, 0.1) is 11.3 Å². The van der Waals surface area contributed by atoms with Crippen molar-refractivity contribution in [3.63, 3.8) is 0 Å². The molecule has 1 rings (SSSR count). The molecule has 1 aromatic rings. The van der Waals surface area contributed by atoms with E-state index in [1.807, 2.05) is 6.07 Å². The maximum absolute atomic E-state index is 12.0. The molecule has 0 aliphatic heterocycles. The maximum atomic E-state index is 12.0. The second kappa shape index (κ2) is 10.9. The first-order chi connectivity index (χ1) is 12.0. The van der Waals surface area contributed by atoms with E-state index < -0.39 is 11.9 Å². The van der Waals surface area contributed by atoms with Gasteiger partial charge in [0.25, 0.3) is 5.91 Å². The zero-order valence-corrected chi connectivity index (χ0v) is 14.6. The average molecular weight is 366 g/mol. The van der Waals surface area contributed by atoms with E-state index in [-0.39, 0.29) is 12.0 Å². The molecule has 25 heavy (non-hydrogen) atoms. The number of amides is 1. The van der Waals surface area contributed by atoms with Crippen LogP contribution in [0.15, 0.2) is 30.0 Å². The lowest BCUT2D eigenvalue weighted by molar-refractivity contribution is -0.137. The maximum Gasteiger partial charge on any atom is 0.303 e. The number of carboxylic acids is 1. The summed E-state index contributed by atoms with van der Waals surface area (Å²) in [5.74, 6) is -0.813. The zero-order chi connectivity index (χ0) is 18.7. The minimum atomic E-state index is -0.832. The van der Waals surface area contributed by atoms with Gasteiger partial charge >= 0.3 is 5.97 Å². The SMILES string of the molecule is COc1ccc(Cl)cc1N/C=C(/C#N)C(=O)NCCCCCC(=O)O. The van der Waals surface area contributed by atoms with Gasteiger partial charge in [-0.25, -0.2) is 0 Å². The number of anilines is 1. The number of aliphatic carboxylic acids is 1. The molecule has 0 atom stereocenters. The number of halogens is 1. The number of nitrogens with zero attached hydrogens (tertiary/aromatic N) is 1. The van der Waals surface area contributed by atoms with E-state index in [0.29, 0.717) is 42.3 Å². The molecule has 0 aliphatic carbocycles. The summed E-state index contributed by atoms with van der Waals surface area (Å²) in [6, 6.07) is 6.78. The molecule has 1 aromatic carbocycles. The third kappa shape index (κ3) is 7.59. The largest absolute Gasteiger partial charge is 0.495 e. The summed E-state index contributed by atoms with van der Waals surface area (Å²) in [4.78, 5) is 22.4. The smallest absolute Gasteiger partial charge is 0.303 e. The molecule has 0 spiro atoms. The lowest BCUT2D eigenvalue weighted by atomic mass is 10.2. The van der Waals surface area contributed by atoms with Gasteiger partial charge in [-0.2, -0.15) is 5.26 Å². The summed E-state index contributed by atoms with van der Waals surface area (Å²) in [6.45, 7) is 0.373. The fourth-order valence-electron chi connectivity index (χ4n) is 1.97. The van der Waals surface area contributed by atoms with E-state index in [9.17, 15) is 9.59 Å². The number of nitrogens with one attached hydrogen (secondary N) is 2. The van der Waals surface area contributed by atoms with Gasteiger partial charge in [0.1, 0.15) is 17.4 Å². The Morgan fingerprint density at radius 2 is 2.12 bits per heavy atom. The van der Waals surface area contributed by atoms with Crippen LogP contribution >= 0.6 is 11.6 Å². The van der Waals surface area contributed by atoms with Gasteiger partial charge in [-0.3, -0.25) is 9.59 Å². The van der Waals surface area contributed by atoms with Crippen LogP contribution in [0.1, 0.15) is 25.7 Å². The highest BCUT2D eigenvalue weighted by Crippen LogP contribution is 2.27. The fourth-order valence-corrected chi connectivity index (χ4v) is 2.14. The Kier molecular flexibility index (Phi) is 8.90. The lowest BCUT2D eigenvalue weighted by Gasteiger charge is -2.09. The predicted octanol–water partition coefficient (Wildman–Crippen LogP) is 2.93. The van der Waals surface area contributed by atoms with Crippen LogP contribution in [0.5, 0.6) is 5.75 Å². The molecular weight excluding hydrogens is 346 g/mol. The van der Waals surface area contributed by atoms with Crippen LogP contribution in [0.4, 0.5) is 5.69 Å². The van der Waals surface area contributed by atoms with Gasteiger partial charge in [-0.1, -0.05) is 18.0 Å². The van der Waals surface area contributed by atoms with Crippen LogP contribution in [-0.4, -0.2) is 30.6 Å². The summed E-state index contributed by atoms with van der Waals surface area (Å²) < 4.78 is 5.17. The van der Waals surface area contributed by atoms with Crippen LogP contribution in [0.2, 0.25) is 5.02 Å². The summed E-state index contributed by atoms with van der Waals surface area (Å²) in [7, 11) is 1.50. The van der Waals surface area contributed by atoms with Crippen molar-refractivity contribution in [1.29, 1.82) is 5.26 Å². The molecule has 0 aromatic heterocycles. The van der Waals surface area contributed by atoms with E-state index in [4.69, 9.17) is 26.7 Å². The third-order valence-electron chi connectivity index (χ3n) is 3.25. The Bertz CT molecular complexity index is 683. The van der Waals surface area contributed by atoms with Crippen molar-refractivity contribution in [1.82, 2.24) is 5.32 Å². The Morgan fingerprint density at radius 1 is 1.36 bits per heavy atom. The molecular formula is C17H20ClN3O4. The molecule has 1 amide bonds. The van der Waals surface area contributed by atoms with Gasteiger partial charge in [0.15, 0.2) is 0 Å². The summed E-state index contributed by atoms with van der Waals surface area (Å²) in [5, 5.41) is 23.6. The van der Waals surface area contributed by atoms with E-state index in [1.165, 1.54) is 13.3 Å². The first-order valence-corrected chi connectivity index (χ1v) is 8.06. The van der Waals surface area contributed by atoms with Gasteiger partial charge < -0.3 is 20.5 Å². The number of ether oxygens (including phenoxy) is 1. The molecule has 0 unspecified atom stereocenters. The van der Waals surface area contributed by atoms with Crippen LogP contribution in [0.3, 0.4) is 0 Å². The van der Waals surface area contributed by atoms with E-state index in [1.54, 1.807) is 18.2 Å². The summed E-state index contributed by atoms with van der Waals surface area (Å²) >= 11 is 5.92. The highest BCUT2D eigenvalue weighted by Gasteiger charge is 2.09. The zero-order valence-electron chi connectivity index (χ0n) is 13.8. The quantitative estimate of drug-likeness (QED) is 0.334. The minimum absolute atomic E-state index is 0.0902. The number of hydrogen-bond acceptors (Lipinski definition) is 5. The van der Waals surface area contributed by atoms with Crippen molar-refractivity contribution in [2.24, 2.45) is 0 Å². The number of carbonyl (C=O) groups is 2. The topological polar surface area (TPSA) is 111 Å². The van der Waals surface area contributed by atoms with E-state index in [0.717, 1.165) is 0 Å². The second-order valence-corrected chi connectivity index (χ2v) is 5.56. The van der Waals surface area contributed by atoms with E-state index >= 15 is 0 Å². The Morgan fingerprint density at radius 3 is 2.76 bits per heavy atom. The molecule has 134 valence electrons. The molecule has 0 bridgehead atoms. The average Bonchev–Trinajstić information content (AvgIpc) is 2.58. The van der Waals surface area contributed by atoms with Crippen molar-refractivity contribution >= 4 is 29.2 Å². The summed E-state index contributed by atoms with van der Waals surface area (Å²) in [5.41, 5.74) is 0.441. The Labute approximate surface area is 151 Å². The number of rotatable bonds is 10. The van der Waals surface area contributed by atoms with Crippen LogP contribution in [-0.2, 0) is 9.59 Å². The molecule has 0 radical (unpaired) electrons. The van der Waals surface area contributed by atoms with Gasteiger partial charge in [-0.15, -0.1) is 0 Å². The highest BCUT2D eigenvalue weighted by atomic mass is 35.5. The molecule has 7 nitrogen and oxygen atoms in total. The van der Waals surface area contributed by atoms with Gasteiger partial charge in [-0.05, 0) is 31.0 Å². The van der Waals surface area contributed by atoms with Crippen LogP contribution < -0.4 is 15.4 Å². The van der Waals surface area contributed by atoms with Crippen molar-refractivity contribution in [2.75, 3.05) is 19.0 Å². The molecule has 0 saturated carbocycles. The number of unbranched alkanes of at least 4 members (excludes halogenated alkanes) is 2. The van der Waals surface area contributed by atoms with Crippen molar-refractivity contribution in [3.05, 3.63) is 35.0 Å². The standard InChI is InChI=1S/C17H20ClN3O4/c1-25-15-7-6-13(18)9-14(15)21-11-12(10-19)17(24)20-8-4-2-3-5-16(22)23/h6-7,9,11,21H,2-5,8H2,1H3,(H,20,24)(H,22,23)/b12-11-. The number of benzene rings is 1. The number of hydrogen-bond donors (Lipinski definition) is 3. The van der Waals surface area contributed by atoms with Crippen LogP contribution in [0.25, 0.3) is 0 Å². The summed E-state index contributed by atoms with van der Waals surface area (Å²) in [6.07, 6.45) is 3.29. The molecule has 8 heteroatoms. The number of nitriles is 1. The monoisotopic (exact) mass is 365 g/mol. The highest BCUT2D eigenvalue weighted by molar-refractivity contribution is 6.30. The predicted molar refractivity (Wildman–Crippen MR) is 94.4 cm³/mol. The molecule has 0 heterocycles. The van der Waals surface area contributed by atoms with Crippen molar-refractivity contribution in [3.8, 4) is 11.8 Å². The second-order valence-electron chi connectivity index (χ2n) is 5.12. The van der Waals surface area contributed by atoms with Gasteiger partial charge in [0.2, 0.25) is 0 Å². The number of carbonyl (C=O) groups excluding carboxylic acids is 1. The molecule has 0 aliphatic rings. The number of carboxylic acid groups (broad SMARTS) is 1. The lowest BCUT2D eigenvalue weighted by Crippen LogP contribution is -2.26. The molecule has 3 N–H and O–H groups in total. The first kappa shape index (κ1) is 20.3. The van der Waals surface area contributed by atoms with Gasteiger partial charge in [0.05, 0.1) is 12.8 Å². The normalized spacial score (nSPS) is 10.7. The van der Waals surface area contributed by atoms with E-state index in [2.05, 4.69) is 10.6 Å². The first-order valence-electron chi connectivity index (χ1n) is 7.68. The fraction of sp³-hybridized carbons (Fsp3) is 0.353. The Hall–Kier alpha value is -2.72.